The molecule has 0 saturated carbocycles. The molecule has 1 rings (SSSR count). The fraction of sp³-hybridized carbons (Fsp3) is 0.0909. The Morgan fingerprint density at radius 1 is 1.42 bits per heavy atom. The predicted octanol–water partition coefficient (Wildman–Crippen LogP) is 2.34. The van der Waals surface area contributed by atoms with Crippen LogP contribution in [0.25, 0.3) is 6.08 Å². The van der Waals surface area contributed by atoms with Crippen LogP contribution in [-0.4, -0.2) is 0 Å². The molecule has 0 atom stereocenters. The van der Waals surface area contributed by atoms with Gasteiger partial charge in [-0.05, 0) is 11.1 Å². The van der Waals surface area contributed by atoms with Gasteiger partial charge in [0.2, 0.25) is 0 Å². The first kappa shape index (κ1) is 8.75. The van der Waals surface area contributed by atoms with E-state index in [0.29, 0.717) is 6.54 Å². The van der Waals surface area contributed by atoms with Gasteiger partial charge in [0, 0.05) is 6.54 Å². The van der Waals surface area contributed by atoms with Crippen molar-refractivity contribution >= 4 is 6.08 Å². The molecule has 0 aliphatic carbocycles. The number of allylic oxidation sites excluding steroid dienone is 2. The fourth-order valence-electron chi connectivity index (χ4n) is 1.00. The molecule has 2 N–H and O–H groups in total. The molecule has 0 unspecified atom stereocenters. The third-order valence-corrected chi connectivity index (χ3v) is 1.61. The number of nitrogens with two attached hydrogens (primary N) is 1. The lowest BCUT2D eigenvalue weighted by Crippen LogP contribution is -1.95. The van der Waals surface area contributed by atoms with Gasteiger partial charge in [-0.2, -0.15) is 0 Å². The maximum atomic E-state index is 5.50. The van der Waals surface area contributed by atoms with Gasteiger partial charge in [0.25, 0.3) is 0 Å². The van der Waals surface area contributed by atoms with E-state index in [1.165, 1.54) is 0 Å². The summed E-state index contributed by atoms with van der Waals surface area (Å²) < 4.78 is 0. The highest BCUT2D eigenvalue weighted by Crippen LogP contribution is 2.06. The lowest BCUT2D eigenvalue weighted by Gasteiger charge is -1.97. The Hall–Kier alpha value is -1.34. The van der Waals surface area contributed by atoms with E-state index >= 15 is 0 Å². The number of rotatable bonds is 3. The summed E-state index contributed by atoms with van der Waals surface area (Å²) in [7, 11) is 0. The van der Waals surface area contributed by atoms with Crippen molar-refractivity contribution < 1.29 is 0 Å². The monoisotopic (exact) mass is 159 g/mol. The molecule has 12 heavy (non-hydrogen) atoms. The Morgan fingerprint density at radius 2 is 2.25 bits per heavy atom. The van der Waals surface area contributed by atoms with Crippen molar-refractivity contribution in [3.63, 3.8) is 0 Å². The summed E-state index contributed by atoms with van der Waals surface area (Å²) in [5, 5.41) is 0. The second kappa shape index (κ2) is 4.52. The van der Waals surface area contributed by atoms with Crippen molar-refractivity contribution in [2.24, 2.45) is 5.73 Å². The van der Waals surface area contributed by atoms with Crippen molar-refractivity contribution in [2.45, 2.75) is 6.54 Å². The molecule has 1 nitrogen and oxygen atoms in total. The van der Waals surface area contributed by atoms with Gasteiger partial charge in [0.1, 0.15) is 0 Å². The topological polar surface area (TPSA) is 26.0 Å². The molecule has 1 aromatic carbocycles. The SMILES string of the molecule is C=CC=Cc1cccc(CN)c1. The Labute approximate surface area is 73.2 Å². The predicted molar refractivity (Wildman–Crippen MR) is 53.6 cm³/mol. The van der Waals surface area contributed by atoms with E-state index < -0.39 is 0 Å². The zero-order chi connectivity index (χ0) is 8.81. The van der Waals surface area contributed by atoms with Crippen LogP contribution in [-0.2, 0) is 6.54 Å². The first-order chi connectivity index (χ1) is 5.86. The normalized spacial score (nSPS) is 10.4. The van der Waals surface area contributed by atoms with E-state index in [0.717, 1.165) is 11.1 Å². The van der Waals surface area contributed by atoms with E-state index in [4.69, 9.17) is 5.73 Å². The van der Waals surface area contributed by atoms with Crippen LogP contribution in [0.4, 0.5) is 0 Å². The van der Waals surface area contributed by atoms with Crippen molar-refractivity contribution in [3.8, 4) is 0 Å². The summed E-state index contributed by atoms with van der Waals surface area (Å²) in [6.07, 6.45) is 5.68. The summed E-state index contributed by atoms with van der Waals surface area (Å²) in [4.78, 5) is 0. The average molecular weight is 159 g/mol. The zero-order valence-corrected chi connectivity index (χ0v) is 7.03. The Bertz CT molecular complexity index is 287. The maximum absolute atomic E-state index is 5.50. The summed E-state index contributed by atoms with van der Waals surface area (Å²) >= 11 is 0. The summed E-state index contributed by atoms with van der Waals surface area (Å²) in [5.41, 5.74) is 7.82. The molecule has 1 aromatic rings. The molecule has 0 spiro atoms. The van der Waals surface area contributed by atoms with Gasteiger partial charge in [-0.25, -0.2) is 0 Å². The quantitative estimate of drug-likeness (QED) is 0.673. The third-order valence-electron chi connectivity index (χ3n) is 1.61. The van der Waals surface area contributed by atoms with Crippen molar-refractivity contribution in [1.29, 1.82) is 0 Å². The molecule has 0 aliphatic rings. The van der Waals surface area contributed by atoms with Crippen molar-refractivity contribution in [2.75, 3.05) is 0 Å². The van der Waals surface area contributed by atoms with Gasteiger partial charge in [-0.3, -0.25) is 0 Å². The van der Waals surface area contributed by atoms with Gasteiger partial charge < -0.3 is 5.73 Å². The van der Waals surface area contributed by atoms with Crippen molar-refractivity contribution in [1.82, 2.24) is 0 Å². The molecule has 0 amide bonds. The third kappa shape index (κ3) is 2.36. The highest BCUT2D eigenvalue weighted by atomic mass is 14.5. The Kier molecular flexibility index (Phi) is 3.30. The molecule has 0 aliphatic heterocycles. The molecule has 0 heterocycles. The number of benzene rings is 1. The maximum Gasteiger partial charge on any atom is 0.0178 e. The largest absolute Gasteiger partial charge is 0.326 e. The first-order valence-corrected chi connectivity index (χ1v) is 3.95. The Balaban J connectivity index is 2.86. The second-order valence-corrected chi connectivity index (χ2v) is 2.54. The molecule has 0 aromatic heterocycles. The average Bonchev–Trinajstić information content (AvgIpc) is 2.15. The molecule has 0 fully saturated rings. The number of hydrogen-bond donors (Lipinski definition) is 1. The van der Waals surface area contributed by atoms with Crippen LogP contribution in [0.2, 0.25) is 0 Å². The first-order valence-electron chi connectivity index (χ1n) is 3.95. The smallest absolute Gasteiger partial charge is 0.0178 e. The highest BCUT2D eigenvalue weighted by molar-refractivity contribution is 5.51. The zero-order valence-electron chi connectivity index (χ0n) is 7.03. The van der Waals surface area contributed by atoms with Crippen LogP contribution < -0.4 is 5.73 Å². The van der Waals surface area contributed by atoms with E-state index in [9.17, 15) is 0 Å². The van der Waals surface area contributed by atoms with Gasteiger partial charge >= 0.3 is 0 Å². The summed E-state index contributed by atoms with van der Waals surface area (Å²) in [6.45, 7) is 4.20. The van der Waals surface area contributed by atoms with E-state index in [-0.39, 0.29) is 0 Å². The van der Waals surface area contributed by atoms with Gasteiger partial charge in [-0.1, -0.05) is 49.1 Å². The van der Waals surface area contributed by atoms with Gasteiger partial charge in [-0.15, -0.1) is 0 Å². The molecule has 0 radical (unpaired) electrons. The fourth-order valence-corrected chi connectivity index (χ4v) is 1.00. The summed E-state index contributed by atoms with van der Waals surface area (Å²) in [5.74, 6) is 0. The van der Waals surface area contributed by atoms with Gasteiger partial charge in [0.05, 0.1) is 0 Å². The van der Waals surface area contributed by atoms with Crippen LogP contribution >= 0.6 is 0 Å². The molecule has 62 valence electrons. The van der Waals surface area contributed by atoms with Gasteiger partial charge in [0.15, 0.2) is 0 Å². The van der Waals surface area contributed by atoms with E-state index in [2.05, 4.69) is 12.6 Å². The lowest BCUT2D eigenvalue weighted by molar-refractivity contribution is 1.07. The van der Waals surface area contributed by atoms with Crippen LogP contribution in [0.15, 0.2) is 43.0 Å². The minimum absolute atomic E-state index is 0.593. The minimum atomic E-state index is 0.593. The summed E-state index contributed by atoms with van der Waals surface area (Å²) in [6, 6.07) is 8.13. The van der Waals surface area contributed by atoms with E-state index in [1.54, 1.807) is 6.08 Å². The molecule has 0 saturated heterocycles. The van der Waals surface area contributed by atoms with Crippen LogP contribution in [0.1, 0.15) is 11.1 Å². The molecular formula is C11H13N. The Morgan fingerprint density at radius 3 is 2.92 bits per heavy atom. The van der Waals surface area contributed by atoms with E-state index in [1.807, 2.05) is 30.4 Å². The highest BCUT2D eigenvalue weighted by Gasteiger charge is 1.88. The second-order valence-electron chi connectivity index (χ2n) is 2.54. The van der Waals surface area contributed by atoms with Crippen molar-refractivity contribution in [3.05, 3.63) is 54.1 Å². The number of hydrogen-bond acceptors (Lipinski definition) is 1. The lowest BCUT2D eigenvalue weighted by atomic mass is 10.1. The van der Waals surface area contributed by atoms with Crippen LogP contribution in [0, 0.1) is 0 Å². The molecule has 0 bridgehead atoms. The molecular weight excluding hydrogens is 146 g/mol. The standard InChI is InChI=1S/C11H13N/c1-2-3-5-10-6-4-7-11(8-10)9-12/h2-8H,1,9,12H2. The molecule has 1 heteroatoms. The van der Waals surface area contributed by atoms with Crippen LogP contribution in [0.5, 0.6) is 0 Å². The minimum Gasteiger partial charge on any atom is -0.326 e. The van der Waals surface area contributed by atoms with Crippen LogP contribution in [0.3, 0.4) is 0 Å².